The van der Waals surface area contributed by atoms with Crippen molar-refractivity contribution >= 4 is 17.6 Å². The summed E-state index contributed by atoms with van der Waals surface area (Å²) in [6, 6.07) is 10.4. The highest BCUT2D eigenvalue weighted by atomic mass is 16.2. The summed E-state index contributed by atoms with van der Waals surface area (Å²) in [5.74, 6) is 1.03. The Morgan fingerprint density at radius 2 is 1.82 bits per heavy atom. The summed E-state index contributed by atoms with van der Waals surface area (Å²) in [5.41, 5.74) is 1.69. The van der Waals surface area contributed by atoms with E-state index in [4.69, 9.17) is 0 Å². The minimum Gasteiger partial charge on any atom is -0.368 e. The molecule has 1 aliphatic carbocycles. The predicted octanol–water partition coefficient (Wildman–Crippen LogP) is 2.47. The van der Waals surface area contributed by atoms with Gasteiger partial charge in [0.05, 0.1) is 0 Å². The van der Waals surface area contributed by atoms with E-state index in [1.54, 1.807) is 7.05 Å². The molecule has 28 heavy (non-hydrogen) atoms. The molecule has 3 rings (SSSR count). The smallest absolute Gasteiger partial charge is 0.224 e. The fourth-order valence-corrected chi connectivity index (χ4v) is 4.12. The molecule has 0 bridgehead atoms. The first-order valence-corrected chi connectivity index (χ1v) is 10.7. The van der Waals surface area contributed by atoms with Gasteiger partial charge in [-0.05, 0) is 36.8 Å². The summed E-state index contributed by atoms with van der Waals surface area (Å²) in [6.45, 7) is 7.23. The Balaban J connectivity index is 1.35. The van der Waals surface area contributed by atoms with Gasteiger partial charge in [0.15, 0.2) is 5.96 Å². The van der Waals surface area contributed by atoms with Crippen molar-refractivity contribution in [3.8, 4) is 0 Å². The van der Waals surface area contributed by atoms with E-state index >= 15 is 0 Å². The standard InChI is InChI=1S/C22H35N5O/c1-3-22(11-7-12-22)18-25-21(23-2)24-13-10-20(28)27-16-14-26(15-17-27)19-8-5-4-6-9-19/h4-6,8-9H,3,7,10-18H2,1-2H3,(H2,23,24,25). The number of hydrogen-bond acceptors (Lipinski definition) is 3. The fraction of sp³-hybridized carbons (Fsp3) is 0.636. The quantitative estimate of drug-likeness (QED) is 0.559. The van der Waals surface area contributed by atoms with Crippen LogP contribution in [-0.2, 0) is 4.79 Å². The van der Waals surface area contributed by atoms with Crippen LogP contribution in [0.1, 0.15) is 39.0 Å². The molecule has 2 aliphatic rings. The third-order valence-electron chi connectivity index (χ3n) is 6.40. The summed E-state index contributed by atoms with van der Waals surface area (Å²) >= 11 is 0. The maximum atomic E-state index is 12.5. The number of aliphatic imine (C=N–C) groups is 1. The first kappa shape index (κ1) is 20.5. The molecule has 1 amide bonds. The SMILES string of the molecule is CCC1(CNC(=NC)NCCC(=O)N2CCN(c3ccccc3)CC2)CCC1. The molecule has 0 atom stereocenters. The van der Waals surface area contributed by atoms with Crippen molar-refractivity contribution in [3.05, 3.63) is 30.3 Å². The van der Waals surface area contributed by atoms with E-state index in [2.05, 4.69) is 51.7 Å². The van der Waals surface area contributed by atoms with Crippen LogP contribution in [0.3, 0.4) is 0 Å². The molecular formula is C22H35N5O. The molecule has 0 unspecified atom stereocenters. The molecule has 1 aromatic rings. The first-order valence-electron chi connectivity index (χ1n) is 10.7. The minimum absolute atomic E-state index is 0.222. The number of nitrogens with zero attached hydrogens (tertiary/aromatic N) is 3. The first-order chi connectivity index (χ1) is 13.7. The second kappa shape index (κ2) is 9.80. The van der Waals surface area contributed by atoms with E-state index in [0.717, 1.165) is 38.7 Å². The zero-order chi connectivity index (χ0) is 19.8. The van der Waals surface area contributed by atoms with Crippen LogP contribution in [0, 0.1) is 5.41 Å². The molecule has 1 heterocycles. The maximum Gasteiger partial charge on any atom is 0.224 e. The van der Waals surface area contributed by atoms with Crippen molar-refractivity contribution in [3.63, 3.8) is 0 Å². The van der Waals surface area contributed by atoms with E-state index in [-0.39, 0.29) is 5.91 Å². The lowest BCUT2D eigenvalue weighted by Gasteiger charge is -2.41. The average Bonchev–Trinajstić information content (AvgIpc) is 2.72. The van der Waals surface area contributed by atoms with Gasteiger partial charge < -0.3 is 20.4 Å². The molecule has 6 heteroatoms. The van der Waals surface area contributed by atoms with Crippen LogP contribution < -0.4 is 15.5 Å². The molecule has 1 saturated carbocycles. The lowest BCUT2D eigenvalue weighted by molar-refractivity contribution is -0.131. The molecule has 2 fully saturated rings. The van der Waals surface area contributed by atoms with Crippen molar-refractivity contribution in [1.29, 1.82) is 0 Å². The summed E-state index contributed by atoms with van der Waals surface area (Å²) < 4.78 is 0. The Kier molecular flexibility index (Phi) is 7.18. The van der Waals surface area contributed by atoms with Gasteiger partial charge in [-0.15, -0.1) is 0 Å². The second-order valence-corrected chi connectivity index (χ2v) is 8.01. The number of nitrogens with one attached hydrogen (secondary N) is 2. The van der Waals surface area contributed by atoms with Gasteiger partial charge in [-0.2, -0.15) is 0 Å². The summed E-state index contributed by atoms with van der Waals surface area (Å²) in [4.78, 5) is 21.2. The topological polar surface area (TPSA) is 60.0 Å². The van der Waals surface area contributed by atoms with E-state index in [1.165, 1.54) is 31.4 Å². The average molecular weight is 386 g/mol. The Bertz CT molecular complexity index is 643. The Morgan fingerprint density at radius 3 is 2.39 bits per heavy atom. The zero-order valence-corrected chi connectivity index (χ0v) is 17.4. The lowest BCUT2D eigenvalue weighted by atomic mass is 9.67. The van der Waals surface area contributed by atoms with Gasteiger partial charge in [-0.25, -0.2) is 0 Å². The van der Waals surface area contributed by atoms with Crippen LogP contribution in [0.5, 0.6) is 0 Å². The third-order valence-corrected chi connectivity index (χ3v) is 6.40. The van der Waals surface area contributed by atoms with Crippen LogP contribution in [0.15, 0.2) is 35.3 Å². The number of amides is 1. The summed E-state index contributed by atoms with van der Waals surface area (Å²) in [7, 11) is 1.79. The molecule has 0 aromatic heterocycles. The van der Waals surface area contributed by atoms with Crippen molar-refractivity contribution in [1.82, 2.24) is 15.5 Å². The largest absolute Gasteiger partial charge is 0.368 e. The minimum atomic E-state index is 0.222. The van der Waals surface area contributed by atoms with Gasteiger partial charge in [0, 0.05) is 58.4 Å². The molecular weight excluding hydrogens is 350 g/mol. The highest BCUT2D eigenvalue weighted by Gasteiger charge is 2.34. The van der Waals surface area contributed by atoms with Crippen LogP contribution in [0.4, 0.5) is 5.69 Å². The van der Waals surface area contributed by atoms with Crippen LogP contribution >= 0.6 is 0 Å². The van der Waals surface area contributed by atoms with Gasteiger partial charge in [-0.3, -0.25) is 9.79 Å². The molecule has 6 nitrogen and oxygen atoms in total. The fourth-order valence-electron chi connectivity index (χ4n) is 4.12. The van der Waals surface area contributed by atoms with Gasteiger partial charge in [-0.1, -0.05) is 31.5 Å². The van der Waals surface area contributed by atoms with E-state index in [1.807, 2.05) is 11.0 Å². The van der Waals surface area contributed by atoms with Crippen molar-refractivity contribution in [2.45, 2.75) is 39.0 Å². The molecule has 0 spiro atoms. The Hall–Kier alpha value is -2.24. The highest BCUT2D eigenvalue weighted by molar-refractivity contribution is 5.81. The molecule has 154 valence electrons. The number of carbonyl (C=O) groups is 1. The van der Waals surface area contributed by atoms with Crippen LogP contribution in [0.25, 0.3) is 0 Å². The van der Waals surface area contributed by atoms with Gasteiger partial charge in [0.1, 0.15) is 0 Å². The van der Waals surface area contributed by atoms with E-state index in [0.29, 0.717) is 18.4 Å². The highest BCUT2D eigenvalue weighted by Crippen LogP contribution is 2.42. The Labute approximate surface area is 169 Å². The summed E-state index contributed by atoms with van der Waals surface area (Å²) in [5, 5.41) is 6.75. The number of anilines is 1. The van der Waals surface area contributed by atoms with Crippen molar-refractivity contribution < 1.29 is 4.79 Å². The molecule has 1 saturated heterocycles. The van der Waals surface area contributed by atoms with E-state index in [9.17, 15) is 4.79 Å². The van der Waals surface area contributed by atoms with Crippen molar-refractivity contribution in [2.75, 3.05) is 51.2 Å². The normalized spacial score (nSPS) is 19.1. The van der Waals surface area contributed by atoms with Gasteiger partial charge in [0.2, 0.25) is 5.91 Å². The number of guanidine groups is 1. The second-order valence-electron chi connectivity index (χ2n) is 8.01. The molecule has 1 aromatic carbocycles. The monoisotopic (exact) mass is 385 g/mol. The molecule has 2 N–H and O–H groups in total. The number of carbonyl (C=O) groups excluding carboxylic acids is 1. The number of hydrogen-bond donors (Lipinski definition) is 2. The summed E-state index contributed by atoms with van der Waals surface area (Å²) in [6.07, 6.45) is 5.67. The maximum absolute atomic E-state index is 12.5. The predicted molar refractivity (Wildman–Crippen MR) is 116 cm³/mol. The number of piperazine rings is 1. The zero-order valence-electron chi connectivity index (χ0n) is 17.4. The number of rotatable bonds is 7. The molecule has 0 radical (unpaired) electrons. The lowest BCUT2D eigenvalue weighted by Crippen LogP contribution is -2.50. The molecule has 1 aliphatic heterocycles. The Morgan fingerprint density at radius 1 is 1.11 bits per heavy atom. The van der Waals surface area contributed by atoms with E-state index < -0.39 is 0 Å². The van der Waals surface area contributed by atoms with Gasteiger partial charge >= 0.3 is 0 Å². The van der Waals surface area contributed by atoms with Crippen molar-refractivity contribution in [2.24, 2.45) is 10.4 Å². The van der Waals surface area contributed by atoms with Gasteiger partial charge in [0.25, 0.3) is 0 Å². The van der Waals surface area contributed by atoms with Crippen LogP contribution in [0.2, 0.25) is 0 Å². The van der Waals surface area contributed by atoms with Crippen LogP contribution in [-0.4, -0.2) is 63.1 Å². The number of para-hydroxylation sites is 1. The number of benzene rings is 1. The third kappa shape index (κ3) is 5.18.